The Labute approximate surface area is 149 Å². The average molecular weight is 368 g/mol. The topological polar surface area (TPSA) is 54.9 Å². The van der Waals surface area contributed by atoms with Crippen molar-refractivity contribution in [3.8, 4) is 0 Å². The Morgan fingerprint density at radius 1 is 1.17 bits per heavy atom. The summed E-state index contributed by atoms with van der Waals surface area (Å²) in [4.78, 5) is 12.2. The van der Waals surface area contributed by atoms with Crippen LogP contribution in [0.5, 0.6) is 0 Å². The highest BCUT2D eigenvalue weighted by Crippen LogP contribution is 2.28. The van der Waals surface area contributed by atoms with Crippen LogP contribution in [0.3, 0.4) is 0 Å². The van der Waals surface area contributed by atoms with Gasteiger partial charge in [0.2, 0.25) is 5.91 Å². The highest BCUT2D eigenvalue weighted by atomic mass is 32.2. The van der Waals surface area contributed by atoms with E-state index in [1.54, 1.807) is 23.1 Å². The van der Waals surface area contributed by atoms with Crippen LogP contribution in [0.25, 0.3) is 0 Å². The number of nitrogens with zero attached hydrogens (tertiary/aromatic N) is 2. The van der Waals surface area contributed by atoms with E-state index in [4.69, 9.17) is 0 Å². The van der Waals surface area contributed by atoms with Crippen LogP contribution >= 0.6 is 34.9 Å². The normalized spacial score (nSPS) is 12.1. The smallest absolute Gasteiger partial charge is 0.230 e. The molecule has 0 unspecified atom stereocenters. The lowest BCUT2D eigenvalue weighted by Gasteiger charge is -2.17. The zero-order valence-corrected chi connectivity index (χ0v) is 16.0. The number of hydrogen-bond acceptors (Lipinski definition) is 6. The third kappa shape index (κ3) is 5.82. The number of carbonyl (C=O) groups excluding carboxylic acids is 1. The SMILES string of the molecule is CCSc1nnc(SCC(=O)N[C@H](CC)c2ccc(C)cc2)s1. The summed E-state index contributed by atoms with van der Waals surface area (Å²) in [6, 6.07) is 8.37. The fraction of sp³-hybridized carbons (Fsp3) is 0.438. The molecule has 1 N–H and O–H groups in total. The quantitative estimate of drug-likeness (QED) is 0.704. The van der Waals surface area contributed by atoms with Gasteiger partial charge in [0.25, 0.3) is 0 Å². The van der Waals surface area contributed by atoms with Crippen LogP contribution in [0, 0.1) is 6.92 Å². The summed E-state index contributed by atoms with van der Waals surface area (Å²) in [7, 11) is 0. The van der Waals surface area contributed by atoms with Crippen molar-refractivity contribution in [2.75, 3.05) is 11.5 Å². The van der Waals surface area contributed by atoms with E-state index in [9.17, 15) is 4.79 Å². The molecule has 1 amide bonds. The van der Waals surface area contributed by atoms with Gasteiger partial charge in [-0.15, -0.1) is 10.2 Å². The molecule has 4 nitrogen and oxygen atoms in total. The Morgan fingerprint density at radius 2 is 1.83 bits per heavy atom. The van der Waals surface area contributed by atoms with Gasteiger partial charge < -0.3 is 5.32 Å². The van der Waals surface area contributed by atoms with Crippen LogP contribution in [-0.2, 0) is 4.79 Å². The molecule has 1 heterocycles. The molecule has 0 aliphatic carbocycles. The third-order valence-electron chi connectivity index (χ3n) is 3.21. The number of carbonyl (C=O) groups is 1. The van der Waals surface area contributed by atoms with Crippen molar-refractivity contribution in [3.05, 3.63) is 35.4 Å². The summed E-state index contributed by atoms with van der Waals surface area (Å²) in [5.74, 6) is 1.38. The molecule has 0 radical (unpaired) electrons. The maximum absolute atomic E-state index is 12.2. The van der Waals surface area contributed by atoms with E-state index in [1.807, 2.05) is 0 Å². The maximum Gasteiger partial charge on any atom is 0.230 e. The number of nitrogens with one attached hydrogen (secondary N) is 1. The molecule has 0 aliphatic heterocycles. The molecule has 0 saturated carbocycles. The van der Waals surface area contributed by atoms with Gasteiger partial charge >= 0.3 is 0 Å². The van der Waals surface area contributed by atoms with Gasteiger partial charge in [-0.1, -0.05) is 78.5 Å². The van der Waals surface area contributed by atoms with Crippen molar-refractivity contribution in [3.63, 3.8) is 0 Å². The number of thioether (sulfide) groups is 2. The molecule has 124 valence electrons. The lowest BCUT2D eigenvalue weighted by Crippen LogP contribution is -2.29. The first-order valence-electron chi connectivity index (χ1n) is 7.57. The first-order valence-corrected chi connectivity index (χ1v) is 10.4. The summed E-state index contributed by atoms with van der Waals surface area (Å²) in [5, 5.41) is 11.3. The fourth-order valence-corrected chi connectivity index (χ4v) is 4.75. The van der Waals surface area contributed by atoms with Gasteiger partial charge in [-0.3, -0.25) is 4.79 Å². The second-order valence-electron chi connectivity index (χ2n) is 4.99. The van der Waals surface area contributed by atoms with Crippen molar-refractivity contribution in [1.82, 2.24) is 15.5 Å². The van der Waals surface area contributed by atoms with Crippen molar-refractivity contribution >= 4 is 40.8 Å². The molecule has 2 rings (SSSR count). The van der Waals surface area contributed by atoms with E-state index in [1.165, 1.54) is 17.3 Å². The summed E-state index contributed by atoms with van der Waals surface area (Å²) in [6.45, 7) is 6.23. The molecule has 23 heavy (non-hydrogen) atoms. The molecular formula is C16H21N3OS3. The molecule has 2 aromatic rings. The van der Waals surface area contributed by atoms with Gasteiger partial charge in [0.1, 0.15) is 0 Å². The standard InChI is InChI=1S/C16H21N3OS3/c1-4-13(12-8-6-11(3)7-9-12)17-14(20)10-22-16-19-18-15(23-16)21-5-2/h6-9,13H,4-5,10H2,1-3H3,(H,17,20)/t13-/m1/s1. The molecule has 1 aromatic carbocycles. The van der Waals surface area contributed by atoms with Crippen LogP contribution in [0.4, 0.5) is 0 Å². The van der Waals surface area contributed by atoms with Crippen LogP contribution < -0.4 is 5.32 Å². The van der Waals surface area contributed by atoms with Crippen molar-refractivity contribution < 1.29 is 4.79 Å². The monoisotopic (exact) mass is 367 g/mol. The van der Waals surface area contributed by atoms with E-state index < -0.39 is 0 Å². The zero-order valence-electron chi connectivity index (χ0n) is 13.5. The lowest BCUT2D eigenvalue weighted by molar-refractivity contribution is -0.119. The Hall–Kier alpha value is -1.05. The third-order valence-corrected chi connectivity index (χ3v) is 6.28. The van der Waals surface area contributed by atoms with E-state index in [0.717, 1.165) is 26.4 Å². The summed E-state index contributed by atoms with van der Waals surface area (Å²) < 4.78 is 1.81. The van der Waals surface area contributed by atoms with Crippen LogP contribution in [0.2, 0.25) is 0 Å². The number of aromatic nitrogens is 2. The predicted molar refractivity (Wildman–Crippen MR) is 99.4 cm³/mol. The molecule has 0 fully saturated rings. The van der Waals surface area contributed by atoms with E-state index in [2.05, 4.69) is 60.6 Å². The lowest BCUT2D eigenvalue weighted by atomic mass is 10.0. The number of amides is 1. The highest BCUT2D eigenvalue weighted by molar-refractivity contribution is 8.03. The molecule has 1 atom stereocenters. The average Bonchev–Trinajstić information content (AvgIpc) is 3.00. The number of aryl methyl sites for hydroxylation is 1. The van der Waals surface area contributed by atoms with Gasteiger partial charge in [0.15, 0.2) is 8.68 Å². The molecule has 1 aromatic heterocycles. The minimum atomic E-state index is 0.0299. The molecule has 7 heteroatoms. The van der Waals surface area contributed by atoms with Gasteiger partial charge in [-0.25, -0.2) is 0 Å². The summed E-state index contributed by atoms with van der Waals surface area (Å²) in [6.07, 6.45) is 0.871. The maximum atomic E-state index is 12.2. The Bertz CT molecular complexity index is 628. The number of hydrogen-bond donors (Lipinski definition) is 1. The van der Waals surface area contributed by atoms with E-state index in [-0.39, 0.29) is 11.9 Å². The van der Waals surface area contributed by atoms with Gasteiger partial charge in [0, 0.05) is 0 Å². The number of benzene rings is 1. The molecule has 0 aliphatic rings. The van der Waals surface area contributed by atoms with Crippen molar-refractivity contribution in [2.45, 2.75) is 41.9 Å². The second kappa shape index (κ2) is 9.30. The number of rotatable bonds is 8. The first kappa shape index (κ1) is 18.3. The van der Waals surface area contributed by atoms with Crippen molar-refractivity contribution in [1.29, 1.82) is 0 Å². The van der Waals surface area contributed by atoms with E-state index >= 15 is 0 Å². The first-order chi connectivity index (χ1) is 11.1. The molecule has 0 saturated heterocycles. The Kier molecular flexibility index (Phi) is 7.39. The van der Waals surface area contributed by atoms with E-state index in [0.29, 0.717) is 5.75 Å². The van der Waals surface area contributed by atoms with Crippen molar-refractivity contribution in [2.24, 2.45) is 0 Å². The largest absolute Gasteiger partial charge is 0.349 e. The molecular weight excluding hydrogens is 346 g/mol. The summed E-state index contributed by atoms with van der Waals surface area (Å²) in [5.41, 5.74) is 2.37. The Morgan fingerprint density at radius 3 is 2.43 bits per heavy atom. The van der Waals surface area contributed by atoms with Crippen LogP contribution in [0.15, 0.2) is 32.9 Å². The minimum Gasteiger partial charge on any atom is -0.349 e. The highest BCUT2D eigenvalue weighted by Gasteiger charge is 2.14. The second-order valence-corrected chi connectivity index (χ2v) is 8.71. The van der Waals surface area contributed by atoms with Crippen LogP contribution in [-0.4, -0.2) is 27.6 Å². The molecule has 0 bridgehead atoms. The zero-order chi connectivity index (χ0) is 16.7. The fourth-order valence-electron chi connectivity index (χ4n) is 2.02. The Balaban J connectivity index is 1.85. The predicted octanol–water partition coefficient (Wildman–Crippen LogP) is 4.32. The summed E-state index contributed by atoms with van der Waals surface area (Å²) >= 11 is 4.66. The van der Waals surface area contributed by atoms with Gasteiger partial charge in [0.05, 0.1) is 11.8 Å². The van der Waals surface area contributed by atoms with Crippen LogP contribution in [0.1, 0.15) is 37.4 Å². The molecule has 0 spiro atoms. The minimum absolute atomic E-state index is 0.0299. The van der Waals surface area contributed by atoms with Gasteiger partial charge in [-0.2, -0.15) is 0 Å². The van der Waals surface area contributed by atoms with Gasteiger partial charge in [-0.05, 0) is 24.7 Å².